The summed E-state index contributed by atoms with van der Waals surface area (Å²) >= 11 is 0. The molecule has 0 radical (unpaired) electrons. The number of furan rings is 1. The lowest BCUT2D eigenvalue weighted by molar-refractivity contribution is 0.166. The number of benzene rings is 1. The van der Waals surface area contributed by atoms with Crippen LogP contribution in [0.1, 0.15) is 51.5 Å². The van der Waals surface area contributed by atoms with E-state index in [0.29, 0.717) is 6.61 Å². The second kappa shape index (κ2) is 9.62. The van der Waals surface area contributed by atoms with Crippen molar-refractivity contribution in [3.05, 3.63) is 35.1 Å². The third kappa shape index (κ3) is 4.71. The van der Waals surface area contributed by atoms with Crippen molar-refractivity contribution in [2.75, 3.05) is 7.11 Å². The number of hydrogen-bond acceptors (Lipinski definition) is 2. The normalized spacial score (nSPS) is 9.42. The lowest BCUT2D eigenvalue weighted by atomic mass is 10.1. The summed E-state index contributed by atoms with van der Waals surface area (Å²) in [5.41, 5.74) is 3.54. The highest BCUT2D eigenvalue weighted by atomic mass is 16.5. The quantitative estimate of drug-likeness (QED) is 0.730. The van der Waals surface area contributed by atoms with Crippen molar-refractivity contribution in [1.29, 1.82) is 0 Å². The molecule has 0 amide bonds. The van der Waals surface area contributed by atoms with Gasteiger partial charge in [0.15, 0.2) is 0 Å². The van der Waals surface area contributed by atoms with Gasteiger partial charge < -0.3 is 9.15 Å². The van der Waals surface area contributed by atoms with Crippen LogP contribution in [0.2, 0.25) is 0 Å². The van der Waals surface area contributed by atoms with Crippen LogP contribution in [-0.2, 0) is 17.8 Å². The molecule has 19 heavy (non-hydrogen) atoms. The molecule has 0 unspecified atom stereocenters. The molecule has 0 spiro atoms. The van der Waals surface area contributed by atoms with E-state index in [1.807, 2.05) is 27.7 Å². The van der Waals surface area contributed by atoms with Gasteiger partial charge in [-0.25, -0.2) is 0 Å². The minimum Gasteiger partial charge on any atom is -0.458 e. The number of hydrogen-bond donors (Lipinski definition) is 0. The van der Waals surface area contributed by atoms with E-state index in [-0.39, 0.29) is 0 Å². The van der Waals surface area contributed by atoms with Crippen LogP contribution in [0.15, 0.2) is 22.6 Å². The minimum absolute atomic E-state index is 0.537. The van der Waals surface area contributed by atoms with E-state index in [0.717, 1.165) is 17.8 Å². The summed E-state index contributed by atoms with van der Waals surface area (Å²) in [7, 11) is 1.68. The molecule has 0 N–H and O–H groups in total. The second-order valence-corrected chi connectivity index (χ2v) is 3.83. The first-order valence-corrected chi connectivity index (χ1v) is 7.25. The van der Waals surface area contributed by atoms with Gasteiger partial charge in [-0.3, -0.25) is 0 Å². The predicted molar refractivity (Wildman–Crippen MR) is 83.7 cm³/mol. The Balaban J connectivity index is 0.000000741. The maximum absolute atomic E-state index is 5.71. The fourth-order valence-corrected chi connectivity index (χ4v) is 1.88. The molecule has 1 heterocycles. The van der Waals surface area contributed by atoms with Gasteiger partial charge in [0.2, 0.25) is 0 Å². The Morgan fingerprint density at radius 2 is 1.68 bits per heavy atom. The van der Waals surface area contributed by atoms with Gasteiger partial charge in [0, 0.05) is 12.5 Å². The summed E-state index contributed by atoms with van der Waals surface area (Å²) in [6.45, 7) is 12.8. The molecule has 2 nitrogen and oxygen atoms in total. The Morgan fingerprint density at radius 3 is 2.21 bits per heavy atom. The SMILES string of the molecule is CC.CC.CCc1cc(C)c2oc(COC)cc2c1. The van der Waals surface area contributed by atoms with E-state index in [1.54, 1.807) is 7.11 Å². The first-order valence-electron chi connectivity index (χ1n) is 7.25. The van der Waals surface area contributed by atoms with Crippen molar-refractivity contribution in [3.63, 3.8) is 0 Å². The zero-order valence-electron chi connectivity index (χ0n) is 13.5. The van der Waals surface area contributed by atoms with Gasteiger partial charge >= 0.3 is 0 Å². The summed E-state index contributed by atoms with van der Waals surface area (Å²) in [6, 6.07) is 6.43. The molecule has 0 aliphatic rings. The Kier molecular flexibility index (Phi) is 8.98. The van der Waals surface area contributed by atoms with E-state index in [2.05, 4.69) is 32.0 Å². The molecule has 1 aromatic heterocycles. The molecule has 0 bridgehead atoms. The predicted octanol–water partition coefficient (Wildman–Crippen LogP) is 5.50. The smallest absolute Gasteiger partial charge is 0.137 e. The summed E-state index contributed by atoms with van der Waals surface area (Å²) in [5.74, 6) is 0.892. The van der Waals surface area contributed by atoms with Gasteiger partial charge in [0.1, 0.15) is 18.0 Å². The lowest BCUT2D eigenvalue weighted by Gasteiger charge is -1.99. The van der Waals surface area contributed by atoms with Crippen molar-refractivity contribution >= 4 is 11.0 Å². The van der Waals surface area contributed by atoms with Crippen molar-refractivity contribution in [2.24, 2.45) is 0 Å². The molecule has 0 saturated carbocycles. The Hall–Kier alpha value is -1.28. The van der Waals surface area contributed by atoms with Crippen LogP contribution in [0.3, 0.4) is 0 Å². The van der Waals surface area contributed by atoms with Gasteiger partial charge in [-0.15, -0.1) is 0 Å². The first-order chi connectivity index (χ1) is 9.24. The largest absolute Gasteiger partial charge is 0.458 e. The highest BCUT2D eigenvalue weighted by Gasteiger charge is 2.07. The highest BCUT2D eigenvalue weighted by molar-refractivity contribution is 5.81. The molecule has 0 fully saturated rings. The molecule has 1 aromatic carbocycles. The molecule has 0 saturated heterocycles. The Morgan fingerprint density at radius 1 is 1.05 bits per heavy atom. The standard InChI is InChI=1S/C13H16O2.2C2H6/c1-4-10-5-9(2)13-11(6-10)7-12(15-13)8-14-3;2*1-2/h5-7H,4,8H2,1-3H3;2*1-2H3. The monoisotopic (exact) mass is 264 g/mol. The van der Waals surface area contributed by atoms with Crippen molar-refractivity contribution in [2.45, 2.75) is 54.6 Å². The zero-order valence-corrected chi connectivity index (χ0v) is 13.5. The fourth-order valence-electron chi connectivity index (χ4n) is 1.88. The van der Waals surface area contributed by atoms with Crippen LogP contribution in [0.25, 0.3) is 11.0 Å². The van der Waals surface area contributed by atoms with E-state index in [9.17, 15) is 0 Å². The van der Waals surface area contributed by atoms with E-state index in [1.165, 1.54) is 16.5 Å². The van der Waals surface area contributed by atoms with Crippen molar-refractivity contribution in [3.8, 4) is 0 Å². The number of fused-ring (bicyclic) bond motifs is 1. The van der Waals surface area contributed by atoms with Gasteiger partial charge in [-0.2, -0.15) is 0 Å². The summed E-state index contributed by atoms with van der Waals surface area (Å²) < 4.78 is 10.8. The number of aryl methyl sites for hydroxylation is 2. The van der Waals surface area contributed by atoms with Crippen LogP contribution in [0.5, 0.6) is 0 Å². The molecular formula is C17H28O2. The first kappa shape index (κ1) is 17.7. The van der Waals surface area contributed by atoms with Crippen LogP contribution in [-0.4, -0.2) is 7.11 Å². The maximum atomic E-state index is 5.71. The van der Waals surface area contributed by atoms with E-state index < -0.39 is 0 Å². The molecule has 0 aliphatic carbocycles. The summed E-state index contributed by atoms with van der Waals surface area (Å²) in [5, 5.41) is 1.18. The van der Waals surface area contributed by atoms with Gasteiger partial charge in [-0.05, 0) is 36.6 Å². The minimum atomic E-state index is 0.537. The third-order valence-electron chi connectivity index (χ3n) is 2.61. The lowest BCUT2D eigenvalue weighted by Crippen LogP contribution is -1.81. The second-order valence-electron chi connectivity index (χ2n) is 3.83. The van der Waals surface area contributed by atoms with Crippen LogP contribution >= 0.6 is 0 Å². The molecule has 2 aromatic rings. The average Bonchev–Trinajstić information content (AvgIpc) is 2.87. The highest BCUT2D eigenvalue weighted by Crippen LogP contribution is 2.25. The van der Waals surface area contributed by atoms with Gasteiger partial charge in [0.25, 0.3) is 0 Å². The topological polar surface area (TPSA) is 22.4 Å². The van der Waals surface area contributed by atoms with Crippen LogP contribution < -0.4 is 0 Å². The third-order valence-corrected chi connectivity index (χ3v) is 2.61. The zero-order chi connectivity index (χ0) is 14.8. The fraction of sp³-hybridized carbons (Fsp3) is 0.529. The summed E-state index contributed by atoms with van der Waals surface area (Å²) in [4.78, 5) is 0. The summed E-state index contributed by atoms with van der Waals surface area (Å²) in [6.07, 6.45) is 1.06. The molecule has 2 rings (SSSR count). The maximum Gasteiger partial charge on any atom is 0.137 e. The molecule has 108 valence electrons. The van der Waals surface area contributed by atoms with E-state index >= 15 is 0 Å². The van der Waals surface area contributed by atoms with Crippen molar-refractivity contribution < 1.29 is 9.15 Å². The van der Waals surface area contributed by atoms with Crippen molar-refractivity contribution in [1.82, 2.24) is 0 Å². The van der Waals surface area contributed by atoms with Crippen LogP contribution in [0, 0.1) is 6.92 Å². The molecule has 0 atom stereocenters. The van der Waals surface area contributed by atoms with Gasteiger partial charge in [0.05, 0.1) is 0 Å². The molecule has 2 heteroatoms. The number of ether oxygens (including phenoxy) is 1. The molecular weight excluding hydrogens is 236 g/mol. The molecule has 0 aliphatic heterocycles. The Labute approximate surface area is 117 Å². The number of methoxy groups -OCH3 is 1. The Bertz CT molecular complexity index is 469. The average molecular weight is 264 g/mol. The number of rotatable bonds is 3. The van der Waals surface area contributed by atoms with E-state index in [4.69, 9.17) is 9.15 Å². The van der Waals surface area contributed by atoms with Crippen LogP contribution in [0.4, 0.5) is 0 Å². The van der Waals surface area contributed by atoms with Gasteiger partial charge in [-0.1, -0.05) is 40.7 Å².